The predicted molar refractivity (Wildman–Crippen MR) is 105 cm³/mol. The average Bonchev–Trinajstić information content (AvgIpc) is 3.24. The number of hydrogen-bond donors (Lipinski definition) is 0. The number of nitriles is 1. The third kappa shape index (κ3) is 6.54. The van der Waals surface area contributed by atoms with Crippen molar-refractivity contribution < 1.29 is 0 Å². The number of aliphatic imine (C=N–C) groups is 1. The van der Waals surface area contributed by atoms with Crippen LogP contribution in [0.4, 0.5) is 0 Å². The third-order valence-corrected chi connectivity index (χ3v) is 4.17. The highest BCUT2D eigenvalue weighted by Crippen LogP contribution is 2.26. The van der Waals surface area contributed by atoms with Gasteiger partial charge in [-0.15, -0.1) is 0 Å². The number of nitrogens with zero attached hydrogens (tertiary/aromatic N) is 4. The van der Waals surface area contributed by atoms with E-state index in [1.165, 1.54) is 38.2 Å². The highest BCUT2D eigenvalue weighted by atomic mass is 15.3. The molecule has 0 atom stereocenters. The summed E-state index contributed by atoms with van der Waals surface area (Å²) in [4.78, 5) is 4.50. The van der Waals surface area contributed by atoms with E-state index in [4.69, 9.17) is 5.26 Å². The van der Waals surface area contributed by atoms with Crippen molar-refractivity contribution in [2.75, 3.05) is 0 Å². The molecule has 1 aliphatic carbocycles. The molecule has 0 unspecified atom stereocenters. The van der Waals surface area contributed by atoms with E-state index in [1.807, 2.05) is 19.2 Å². The predicted octanol–water partition coefficient (Wildman–Crippen LogP) is 5.45. The van der Waals surface area contributed by atoms with Gasteiger partial charge in [0.15, 0.2) is 0 Å². The van der Waals surface area contributed by atoms with Gasteiger partial charge in [-0.3, -0.25) is 9.67 Å². The lowest BCUT2D eigenvalue weighted by molar-refractivity contribution is 0.429. The van der Waals surface area contributed by atoms with Crippen LogP contribution in [-0.4, -0.2) is 15.5 Å². The van der Waals surface area contributed by atoms with Gasteiger partial charge in [0.2, 0.25) is 0 Å². The van der Waals surface area contributed by atoms with Crippen LogP contribution in [0.3, 0.4) is 0 Å². The minimum Gasteiger partial charge on any atom is -0.272 e. The molecule has 25 heavy (non-hydrogen) atoms. The van der Waals surface area contributed by atoms with Crippen LogP contribution in [0, 0.1) is 17.2 Å². The number of rotatable bonds is 6. The summed E-state index contributed by atoms with van der Waals surface area (Å²) in [6.07, 6.45) is 15.2. The first kappa shape index (κ1) is 20.6. The Kier molecular flexibility index (Phi) is 9.24. The van der Waals surface area contributed by atoms with Crippen molar-refractivity contribution in [3.63, 3.8) is 0 Å². The Balaban J connectivity index is 0.000000970. The maximum atomic E-state index is 7.32. The van der Waals surface area contributed by atoms with Crippen molar-refractivity contribution in [2.45, 2.75) is 59.9 Å². The summed E-state index contributed by atoms with van der Waals surface area (Å²) < 4.78 is 2.07. The number of hydrogen-bond acceptors (Lipinski definition) is 3. The van der Waals surface area contributed by atoms with E-state index in [2.05, 4.69) is 47.5 Å². The van der Waals surface area contributed by atoms with Crippen molar-refractivity contribution >= 4 is 5.71 Å². The Hall–Kier alpha value is -2.41. The molecular formula is C21H30N4. The molecule has 0 spiro atoms. The van der Waals surface area contributed by atoms with E-state index in [1.54, 1.807) is 12.3 Å². The largest absolute Gasteiger partial charge is 0.272 e. The first-order chi connectivity index (χ1) is 12.1. The normalized spacial score (nSPS) is 14.8. The molecule has 1 aromatic heterocycles. The summed E-state index contributed by atoms with van der Waals surface area (Å²) in [6, 6.07) is 1.75. The zero-order valence-corrected chi connectivity index (χ0v) is 16.0. The van der Waals surface area contributed by atoms with E-state index < -0.39 is 0 Å². The maximum Gasteiger partial charge on any atom is 0.0804 e. The van der Waals surface area contributed by atoms with E-state index in [-0.39, 0.29) is 0 Å². The van der Waals surface area contributed by atoms with Gasteiger partial charge in [-0.1, -0.05) is 37.1 Å². The summed E-state index contributed by atoms with van der Waals surface area (Å²) in [6.45, 7) is 12.5. The standard InChI is InChI=1S/C19H27N3.C2H3N/c1-5-9-18(15(3)4)19(20-6-2)17-12-21-22(14-17)13-16-10-7-8-11-16;1-2-3/h5-6,9,12,14,16H,2,7-8,10-11,13H2,1,3-4H3;1H3/b9-5-,20-19?;. The molecule has 4 heteroatoms. The van der Waals surface area contributed by atoms with Gasteiger partial charge in [-0.2, -0.15) is 10.4 Å². The SMILES string of the molecule is C=CN=C(C(/C=C\C)=C(C)C)c1cnn(CC2CCCC2)c1.CC#N. The fourth-order valence-electron chi connectivity index (χ4n) is 3.08. The van der Waals surface area contributed by atoms with Crippen LogP contribution in [0.25, 0.3) is 0 Å². The minimum atomic E-state index is 0.783. The van der Waals surface area contributed by atoms with Gasteiger partial charge in [0.25, 0.3) is 0 Å². The fourth-order valence-corrected chi connectivity index (χ4v) is 3.08. The molecule has 0 aliphatic heterocycles. The lowest BCUT2D eigenvalue weighted by Gasteiger charge is -2.09. The zero-order chi connectivity index (χ0) is 18.7. The summed E-state index contributed by atoms with van der Waals surface area (Å²) in [5, 5.41) is 11.9. The molecule has 1 saturated carbocycles. The van der Waals surface area contributed by atoms with Crippen LogP contribution in [0.2, 0.25) is 0 Å². The van der Waals surface area contributed by atoms with Gasteiger partial charge in [0.05, 0.1) is 18.0 Å². The van der Waals surface area contributed by atoms with Crippen molar-refractivity contribution in [1.82, 2.24) is 9.78 Å². The molecule has 0 bridgehead atoms. The Morgan fingerprint density at radius 3 is 2.60 bits per heavy atom. The highest BCUT2D eigenvalue weighted by molar-refractivity contribution is 6.14. The van der Waals surface area contributed by atoms with Crippen LogP contribution in [0.1, 0.15) is 58.9 Å². The van der Waals surface area contributed by atoms with E-state index in [0.29, 0.717) is 0 Å². The first-order valence-corrected chi connectivity index (χ1v) is 8.90. The third-order valence-electron chi connectivity index (χ3n) is 4.17. The molecule has 4 nitrogen and oxygen atoms in total. The summed E-state index contributed by atoms with van der Waals surface area (Å²) in [7, 11) is 0. The molecule has 0 amide bonds. The second-order valence-corrected chi connectivity index (χ2v) is 6.40. The van der Waals surface area contributed by atoms with Crippen molar-refractivity contribution in [3.8, 4) is 6.07 Å². The maximum absolute atomic E-state index is 7.32. The monoisotopic (exact) mass is 338 g/mol. The van der Waals surface area contributed by atoms with Gasteiger partial charge >= 0.3 is 0 Å². The molecule has 1 heterocycles. The Morgan fingerprint density at radius 1 is 1.44 bits per heavy atom. The second kappa shape index (κ2) is 11.2. The van der Waals surface area contributed by atoms with Crippen LogP contribution >= 0.6 is 0 Å². The molecule has 2 rings (SSSR count). The quantitative estimate of drug-likeness (QED) is 0.511. The molecule has 1 fully saturated rings. The lowest BCUT2D eigenvalue weighted by atomic mass is 10.0. The topological polar surface area (TPSA) is 54.0 Å². The summed E-state index contributed by atoms with van der Waals surface area (Å²) >= 11 is 0. The molecule has 134 valence electrons. The number of aromatic nitrogens is 2. The van der Waals surface area contributed by atoms with Gasteiger partial charge < -0.3 is 0 Å². The van der Waals surface area contributed by atoms with Crippen LogP contribution in [0.15, 0.2) is 53.5 Å². The van der Waals surface area contributed by atoms with Crippen molar-refractivity contribution in [1.29, 1.82) is 5.26 Å². The Bertz CT molecular complexity index is 673. The van der Waals surface area contributed by atoms with E-state index in [0.717, 1.165) is 29.3 Å². The first-order valence-electron chi connectivity index (χ1n) is 8.90. The van der Waals surface area contributed by atoms with Crippen LogP contribution in [0.5, 0.6) is 0 Å². The van der Waals surface area contributed by atoms with Gasteiger partial charge in [0, 0.05) is 31.4 Å². The van der Waals surface area contributed by atoms with Gasteiger partial charge in [-0.05, 0) is 45.1 Å². The van der Waals surface area contributed by atoms with E-state index in [9.17, 15) is 0 Å². The van der Waals surface area contributed by atoms with Crippen molar-refractivity contribution in [3.05, 3.63) is 54.0 Å². The summed E-state index contributed by atoms with van der Waals surface area (Å²) in [5.74, 6) is 0.783. The summed E-state index contributed by atoms with van der Waals surface area (Å²) in [5.41, 5.74) is 4.39. The van der Waals surface area contributed by atoms with Crippen LogP contribution < -0.4 is 0 Å². The minimum absolute atomic E-state index is 0.783. The fraction of sp³-hybridized carbons (Fsp3) is 0.476. The zero-order valence-electron chi connectivity index (χ0n) is 16.0. The highest BCUT2D eigenvalue weighted by Gasteiger charge is 2.17. The van der Waals surface area contributed by atoms with Crippen molar-refractivity contribution in [2.24, 2.45) is 10.9 Å². The molecule has 0 N–H and O–H groups in total. The number of allylic oxidation sites excluding steroid dienone is 4. The van der Waals surface area contributed by atoms with Gasteiger partial charge in [-0.25, -0.2) is 0 Å². The Morgan fingerprint density at radius 2 is 2.08 bits per heavy atom. The molecule has 1 aromatic rings. The molecular weight excluding hydrogens is 308 g/mol. The molecule has 1 aliphatic rings. The van der Waals surface area contributed by atoms with Gasteiger partial charge in [0.1, 0.15) is 0 Å². The Labute approximate surface area is 152 Å². The smallest absolute Gasteiger partial charge is 0.0804 e. The lowest BCUT2D eigenvalue weighted by Crippen LogP contribution is -2.08. The molecule has 0 radical (unpaired) electrons. The second-order valence-electron chi connectivity index (χ2n) is 6.40. The molecule has 0 aromatic carbocycles. The average molecular weight is 338 g/mol. The van der Waals surface area contributed by atoms with E-state index >= 15 is 0 Å². The van der Waals surface area contributed by atoms with Crippen LogP contribution in [-0.2, 0) is 6.54 Å². The molecule has 0 saturated heterocycles.